The van der Waals surface area contributed by atoms with E-state index in [0.29, 0.717) is 27.7 Å². The van der Waals surface area contributed by atoms with Crippen molar-refractivity contribution in [2.45, 2.75) is 70.5 Å². The van der Waals surface area contributed by atoms with Crippen LogP contribution in [0, 0.1) is 6.92 Å². The van der Waals surface area contributed by atoms with Crippen LogP contribution in [0.2, 0.25) is 10.0 Å². The average molecular weight is 645 g/mol. The Kier molecular flexibility index (Phi) is 11.5. The number of hydrogen-bond acceptors (Lipinski definition) is 4. The number of rotatable bonds is 13. The molecule has 7 nitrogen and oxygen atoms in total. The molecule has 0 radical (unpaired) electrons. The Morgan fingerprint density at radius 3 is 2.19 bits per heavy atom. The highest BCUT2D eigenvalue weighted by Gasteiger charge is 2.33. The van der Waals surface area contributed by atoms with Crippen LogP contribution in [0.4, 0.5) is 5.69 Å². The number of carbonyl (C=O) groups excluding carboxylic acids is 2. The summed E-state index contributed by atoms with van der Waals surface area (Å²) in [5, 5.41) is 4.00. The maximum absolute atomic E-state index is 14.1. The number of carbonyl (C=O) groups is 2. The SMILES string of the molecule is Cc1ccccc1N(CCCC(=O)N(Cc1c(Cl)cccc1Cl)[C@H](Cc1ccccc1)C(=O)NC1CCCC1)S(C)(=O)=O. The van der Waals surface area contributed by atoms with Gasteiger partial charge in [-0.2, -0.15) is 0 Å². The fourth-order valence-corrected chi connectivity index (χ4v) is 7.14. The first kappa shape index (κ1) is 32.8. The number of para-hydroxylation sites is 1. The minimum Gasteiger partial charge on any atom is -0.352 e. The predicted molar refractivity (Wildman–Crippen MR) is 174 cm³/mol. The minimum absolute atomic E-state index is 0.0297. The Labute approximate surface area is 265 Å². The third kappa shape index (κ3) is 8.97. The highest BCUT2D eigenvalue weighted by atomic mass is 35.5. The van der Waals surface area contributed by atoms with E-state index in [4.69, 9.17) is 23.2 Å². The molecular formula is C33H39Cl2N3O4S. The summed E-state index contributed by atoms with van der Waals surface area (Å²) < 4.78 is 26.8. The molecule has 0 saturated heterocycles. The molecule has 3 aromatic rings. The highest BCUT2D eigenvalue weighted by Crippen LogP contribution is 2.29. The van der Waals surface area contributed by atoms with Gasteiger partial charge < -0.3 is 10.2 Å². The third-order valence-corrected chi connectivity index (χ3v) is 9.79. The molecule has 3 aromatic carbocycles. The Balaban J connectivity index is 1.63. The number of nitrogens with one attached hydrogen (secondary N) is 1. The highest BCUT2D eigenvalue weighted by molar-refractivity contribution is 7.92. The van der Waals surface area contributed by atoms with Crippen molar-refractivity contribution in [3.8, 4) is 0 Å². The van der Waals surface area contributed by atoms with Gasteiger partial charge in [0.2, 0.25) is 21.8 Å². The smallest absolute Gasteiger partial charge is 0.243 e. The van der Waals surface area contributed by atoms with E-state index in [9.17, 15) is 18.0 Å². The number of aryl methyl sites for hydroxylation is 1. The van der Waals surface area contributed by atoms with E-state index >= 15 is 0 Å². The number of halogens is 2. The molecule has 230 valence electrons. The van der Waals surface area contributed by atoms with E-state index in [1.165, 1.54) is 4.31 Å². The molecule has 2 amide bonds. The van der Waals surface area contributed by atoms with Gasteiger partial charge in [-0.15, -0.1) is 0 Å². The fourth-order valence-electron chi connectivity index (χ4n) is 5.60. The maximum Gasteiger partial charge on any atom is 0.243 e. The third-order valence-electron chi connectivity index (χ3n) is 7.90. The van der Waals surface area contributed by atoms with Gasteiger partial charge in [0.15, 0.2) is 0 Å². The number of nitrogens with zero attached hydrogens (tertiary/aromatic N) is 2. The molecular weight excluding hydrogens is 605 g/mol. The summed E-state index contributed by atoms with van der Waals surface area (Å²) in [6.45, 7) is 2.01. The lowest BCUT2D eigenvalue weighted by Gasteiger charge is -2.33. The first-order valence-corrected chi connectivity index (χ1v) is 17.2. The summed E-state index contributed by atoms with van der Waals surface area (Å²) >= 11 is 13.1. The van der Waals surface area contributed by atoms with Crippen LogP contribution in [0.15, 0.2) is 72.8 Å². The number of benzene rings is 3. The first-order chi connectivity index (χ1) is 20.5. The molecule has 43 heavy (non-hydrogen) atoms. The van der Waals surface area contributed by atoms with Crippen LogP contribution in [0.1, 0.15) is 55.2 Å². The number of hydrogen-bond donors (Lipinski definition) is 1. The molecule has 0 bridgehead atoms. The molecule has 1 aliphatic carbocycles. The Morgan fingerprint density at radius 1 is 0.930 bits per heavy atom. The normalized spacial score (nSPS) is 14.3. The zero-order valence-electron chi connectivity index (χ0n) is 24.6. The summed E-state index contributed by atoms with van der Waals surface area (Å²) in [6, 6.07) is 21.3. The second-order valence-electron chi connectivity index (χ2n) is 11.1. The van der Waals surface area contributed by atoms with E-state index in [0.717, 1.165) is 43.1 Å². The lowest BCUT2D eigenvalue weighted by Crippen LogP contribution is -2.52. The molecule has 1 saturated carbocycles. The van der Waals surface area contributed by atoms with Crippen molar-refractivity contribution < 1.29 is 18.0 Å². The lowest BCUT2D eigenvalue weighted by molar-refractivity contribution is -0.141. The Hall–Kier alpha value is -3.07. The molecule has 0 unspecified atom stereocenters. The van der Waals surface area contributed by atoms with Crippen LogP contribution < -0.4 is 9.62 Å². The molecule has 1 atom stereocenters. The zero-order chi connectivity index (χ0) is 31.0. The summed E-state index contributed by atoms with van der Waals surface area (Å²) in [7, 11) is -3.59. The van der Waals surface area contributed by atoms with Crippen LogP contribution in [0.5, 0.6) is 0 Å². The standard InChI is InChI=1S/C33H39Cl2N3O4S/c1-24-12-6-9-19-30(24)38(43(2,41)42)21-11-20-32(39)37(23-27-28(34)17-10-18-29(27)35)31(22-25-13-4-3-5-14-25)33(40)36-26-15-7-8-16-26/h3-6,9-10,12-14,17-19,26,31H,7-8,11,15-16,20-23H2,1-2H3,(H,36,40)/t31-/m1/s1. The van der Waals surface area contributed by atoms with Crippen molar-refractivity contribution in [2.24, 2.45) is 0 Å². The van der Waals surface area contributed by atoms with Gasteiger partial charge in [0.25, 0.3) is 0 Å². The molecule has 0 aromatic heterocycles. The van der Waals surface area contributed by atoms with Gasteiger partial charge in [0.1, 0.15) is 6.04 Å². The van der Waals surface area contributed by atoms with Gasteiger partial charge in [-0.3, -0.25) is 13.9 Å². The van der Waals surface area contributed by atoms with Crippen molar-refractivity contribution in [1.29, 1.82) is 0 Å². The predicted octanol–water partition coefficient (Wildman–Crippen LogP) is 6.55. The van der Waals surface area contributed by atoms with Crippen molar-refractivity contribution >= 4 is 50.7 Å². The summed E-state index contributed by atoms with van der Waals surface area (Å²) in [5.74, 6) is -0.498. The van der Waals surface area contributed by atoms with Crippen molar-refractivity contribution in [2.75, 3.05) is 17.1 Å². The number of amides is 2. The second-order valence-corrected chi connectivity index (χ2v) is 13.9. The monoisotopic (exact) mass is 643 g/mol. The number of sulfonamides is 1. The van der Waals surface area contributed by atoms with E-state index in [-0.39, 0.29) is 43.8 Å². The van der Waals surface area contributed by atoms with Gasteiger partial charge in [-0.05, 0) is 55.5 Å². The van der Waals surface area contributed by atoms with Crippen molar-refractivity contribution in [3.63, 3.8) is 0 Å². The molecule has 0 heterocycles. The van der Waals surface area contributed by atoms with Gasteiger partial charge in [-0.1, -0.05) is 90.6 Å². The van der Waals surface area contributed by atoms with E-state index < -0.39 is 16.1 Å². The van der Waals surface area contributed by atoms with Crippen LogP contribution in [-0.2, 0) is 32.6 Å². The van der Waals surface area contributed by atoms with Crippen LogP contribution in [-0.4, -0.2) is 50.0 Å². The van der Waals surface area contributed by atoms with Crippen LogP contribution in [0.25, 0.3) is 0 Å². The van der Waals surface area contributed by atoms with Gasteiger partial charge in [0, 0.05) is 47.6 Å². The maximum atomic E-state index is 14.1. The zero-order valence-corrected chi connectivity index (χ0v) is 27.0. The fraction of sp³-hybridized carbons (Fsp3) is 0.394. The molecule has 4 rings (SSSR count). The van der Waals surface area contributed by atoms with E-state index in [1.54, 1.807) is 35.2 Å². The molecule has 1 N–H and O–H groups in total. The van der Waals surface area contributed by atoms with Crippen molar-refractivity contribution in [1.82, 2.24) is 10.2 Å². The van der Waals surface area contributed by atoms with Crippen LogP contribution in [0.3, 0.4) is 0 Å². The van der Waals surface area contributed by atoms with E-state index in [1.807, 2.05) is 49.4 Å². The van der Waals surface area contributed by atoms with Crippen molar-refractivity contribution in [3.05, 3.63) is 99.5 Å². The van der Waals surface area contributed by atoms with Gasteiger partial charge >= 0.3 is 0 Å². The van der Waals surface area contributed by atoms with Crippen LogP contribution >= 0.6 is 23.2 Å². The number of anilines is 1. The minimum atomic E-state index is -3.59. The molecule has 0 aliphatic heterocycles. The second kappa shape index (κ2) is 15.1. The molecule has 0 spiro atoms. The van der Waals surface area contributed by atoms with Gasteiger partial charge in [0.05, 0.1) is 11.9 Å². The van der Waals surface area contributed by atoms with Gasteiger partial charge in [-0.25, -0.2) is 8.42 Å². The molecule has 1 fully saturated rings. The lowest BCUT2D eigenvalue weighted by atomic mass is 10.0. The summed E-state index contributed by atoms with van der Waals surface area (Å²) in [4.78, 5) is 29.5. The van der Waals surface area contributed by atoms with E-state index in [2.05, 4.69) is 5.32 Å². The first-order valence-electron chi connectivity index (χ1n) is 14.6. The summed E-state index contributed by atoms with van der Waals surface area (Å²) in [5.41, 5.74) is 2.87. The topological polar surface area (TPSA) is 86.8 Å². The average Bonchev–Trinajstić information content (AvgIpc) is 3.48. The molecule has 10 heteroatoms. The Morgan fingerprint density at radius 2 is 1.56 bits per heavy atom. The summed E-state index contributed by atoms with van der Waals surface area (Å²) in [6.07, 6.45) is 5.70. The Bertz CT molecular complexity index is 1490. The largest absolute Gasteiger partial charge is 0.352 e. The molecule has 1 aliphatic rings. The quantitative estimate of drug-likeness (QED) is 0.229.